The minimum Gasteiger partial charge on any atom is -0.497 e. The van der Waals surface area contributed by atoms with Gasteiger partial charge < -0.3 is 14.8 Å². The molecule has 1 atom stereocenters. The van der Waals surface area contributed by atoms with Crippen LogP contribution in [0.2, 0.25) is 0 Å². The van der Waals surface area contributed by atoms with E-state index in [4.69, 9.17) is 9.47 Å². The number of ether oxygens (including phenoxy) is 2. The maximum absolute atomic E-state index is 12.5. The number of benzene rings is 2. The van der Waals surface area contributed by atoms with E-state index in [-0.39, 0.29) is 11.3 Å². The Bertz CT molecular complexity index is 747. The molecule has 4 heteroatoms. The van der Waals surface area contributed by atoms with E-state index >= 15 is 0 Å². The van der Waals surface area contributed by atoms with Gasteiger partial charge in [-0.2, -0.15) is 0 Å². The van der Waals surface area contributed by atoms with Crippen molar-refractivity contribution in [1.82, 2.24) is 5.32 Å². The number of amides is 1. The second kappa shape index (κ2) is 10.2. The van der Waals surface area contributed by atoms with E-state index < -0.39 is 6.10 Å². The molecule has 0 saturated heterocycles. The van der Waals surface area contributed by atoms with Crippen molar-refractivity contribution in [3.63, 3.8) is 0 Å². The SMILES string of the molecule is CC[C@H](Oc1ccc(C(C)(C)C)cc1)C(=O)NCCCc1cccc(OC)c1. The van der Waals surface area contributed by atoms with Gasteiger partial charge in [-0.3, -0.25) is 4.79 Å². The number of hydrogen-bond donors (Lipinski definition) is 1. The fourth-order valence-corrected chi connectivity index (χ4v) is 2.97. The minimum atomic E-state index is -0.475. The van der Waals surface area contributed by atoms with E-state index in [0.717, 1.165) is 24.3 Å². The van der Waals surface area contributed by atoms with Crippen LogP contribution in [-0.2, 0) is 16.6 Å². The van der Waals surface area contributed by atoms with Gasteiger partial charge in [0.1, 0.15) is 11.5 Å². The van der Waals surface area contributed by atoms with Crippen molar-refractivity contribution in [2.45, 2.75) is 58.5 Å². The Morgan fingerprint density at radius 1 is 1.07 bits per heavy atom. The molecule has 0 spiro atoms. The first-order valence-electron chi connectivity index (χ1n) is 10.0. The zero-order valence-corrected chi connectivity index (χ0v) is 17.7. The molecule has 152 valence electrons. The molecular formula is C24H33NO3. The monoisotopic (exact) mass is 383 g/mol. The van der Waals surface area contributed by atoms with Crippen LogP contribution < -0.4 is 14.8 Å². The average molecular weight is 384 g/mol. The molecule has 1 amide bonds. The lowest BCUT2D eigenvalue weighted by Gasteiger charge is -2.21. The molecule has 0 saturated carbocycles. The summed E-state index contributed by atoms with van der Waals surface area (Å²) in [5.74, 6) is 1.53. The van der Waals surface area contributed by atoms with Gasteiger partial charge in [0.25, 0.3) is 5.91 Å². The van der Waals surface area contributed by atoms with Crippen LogP contribution in [0.15, 0.2) is 48.5 Å². The predicted molar refractivity (Wildman–Crippen MR) is 114 cm³/mol. The molecule has 0 fully saturated rings. The summed E-state index contributed by atoms with van der Waals surface area (Å²) in [6.07, 6.45) is 1.92. The standard InChI is InChI=1S/C24H33NO3/c1-6-22(28-20-14-12-19(13-15-20)24(2,3)4)23(26)25-16-8-10-18-9-7-11-21(17-18)27-5/h7,9,11-15,17,22H,6,8,10,16H2,1-5H3,(H,25,26)/t22-/m0/s1. The molecule has 0 radical (unpaired) electrons. The van der Waals surface area contributed by atoms with Crippen LogP contribution in [0.1, 0.15) is 51.7 Å². The smallest absolute Gasteiger partial charge is 0.261 e. The van der Waals surface area contributed by atoms with Crippen LogP contribution in [0.4, 0.5) is 0 Å². The van der Waals surface area contributed by atoms with Gasteiger partial charge in [0.2, 0.25) is 0 Å². The Balaban J connectivity index is 1.81. The van der Waals surface area contributed by atoms with Crippen LogP contribution in [-0.4, -0.2) is 25.7 Å². The molecule has 0 bridgehead atoms. The molecule has 0 aliphatic carbocycles. The lowest BCUT2D eigenvalue weighted by molar-refractivity contribution is -0.128. The van der Waals surface area contributed by atoms with Gasteiger partial charge in [-0.15, -0.1) is 0 Å². The van der Waals surface area contributed by atoms with Crippen LogP contribution in [0.3, 0.4) is 0 Å². The van der Waals surface area contributed by atoms with Crippen LogP contribution in [0.25, 0.3) is 0 Å². The highest BCUT2D eigenvalue weighted by Crippen LogP contribution is 2.25. The quantitative estimate of drug-likeness (QED) is 0.627. The Labute approximate surface area is 169 Å². The Kier molecular flexibility index (Phi) is 7.91. The highest BCUT2D eigenvalue weighted by molar-refractivity contribution is 5.81. The van der Waals surface area contributed by atoms with E-state index in [1.165, 1.54) is 11.1 Å². The first kappa shape index (κ1) is 21.8. The molecule has 28 heavy (non-hydrogen) atoms. The average Bonchev–Trinajstić information content (AvgIpc) is 2.69. The predicted octanol–water partition coefficient (Wildman–Crippen LogP) is 4.90. The number of aryl methyl sites for hydroxylation is 1. The number of rotatable bonds is 9. The highest BCUT2D eigenvalue weighted by atomic mass is 16.5. The fourth-order valence-electron chi connectivity index (χ4n) is 2.97. The molecule has 2 aromatic rings. The minimum absolute atomic E-state index is 0.0620. The van der Waals surface area contributed by atoms with Crippen molar-refractivity contribution >= 4 is 5.91 Å². The van der Waals surface area contributed by atoms with Crippen molar-refractivity contribution in [2.75, 3.05) is 13.7 Å². The lowest BCUT2D eigenvalue weighted by atomic mass is 9.87. The number of carbonyl (C=O) groups excluding carboxylic acids is 1. The third-order valence-electron chi connectivity index (χ3n) is 4.74. The third kappa shape index (κ3) is 6.59. The fraction of sp³-hybridized carbons (Fsp3) is 0.458. The number of nitrogens with one attached hydrogen (secondary N) is 1. The molecule has 0 unspecified atom stereocenters. The summed E-state index contributed by atoms with van der Waals surface area (Å²) < 4.78 is 11.2. The largest absolute Gasteiger partial charge is 0.497 e. The van der Waals surface area contributed by atoms with Crippen LogP contribution >= 0.6 is 0 Å². The van der Waals surface area contributed by atoms with Crippen molar-refractivity contribution in [3.8, 4) is 11.5 Å². The maximum atomic E-state index is 12.5. The van der Waals surface area contributed by atoms with Crippen LogP contribution in [0.5, 0.6) is 11.5 Å². The molecule has 0 aliphatic rings. The van der Waals surface area contributed by atoms with Gasteiger partial charge in [0, 0.05) is 6.54 Å². The van der Waals surface area contributed by atoms with Crippen LogP contribution in [0, 0.1) is 0 Å². The zero-order valence-electron chi connectivity index (χ0n) is 17.7. The lowest BCUT2D eigenvalue weighted by Crippen LogP contribution is -2.38. The molecule has 1 N–H and O–H groups in total. The van der Waals surface area contributed by atoms with E-state index in [9.17, 15) is 4.79 Å². The summed E-state index contributed by atoms with van der Waals surface area (Å²) in [4.78, 5) is 12.5. The van der Waals surface area contributed by atoms with Gasteiger partial charge in [-0.1, -0.05) is 52.0 Å². The van der Waals surface area contributed by atoms with Crippen molar-refractivity contribution in [3.05, 3.63) is 59.7 Å². The van der Waals surface area contributed by atoms with Gasteiger partial charge in [-0.25, -0.2) is 0 Å². The molecule has 4 nitrogen and oxygen atoms in total. The van der Waals surface area contributed by atoms with Crippen molar-refractivity contribution in [2.24, 2.45) is 0 Å². The normalized spacial score (nSPS) is 12.3. The molecular weight excluding hydrogens is 350 g/mol. The van der Waals surface area contributed by atoms with E-state index in [2.05, 4.69) is 44.3 Å². The highest BCUT2D eigenvalue weighted by Gasteiger charge is 2.19. The summed E-state index contributed by atoms with van der Waals surface area (Å²) in [6, 6.07) is 16.0. The number of carbonyl (C=O) groups is 1. The topological polar surface area (TPSA) is 47.6 Å². The molecule has 0 heterocycles. The summed E-state index contributed by atoms with van der Waals surface area (Å²) in [7, 11) is 1.67. The Morgan fingerprint density at radius 2 is 1.79 bits per heavy atom. The second-order valence-electron chi connectivity index (χ2n) is 8.04. The third-order valence-corrected chi connectivity index (χ3v) is 4.74. The first-order valence-corrected chi connectivity index (χ1v) is 10.0. The van der Waals surface area contributed by atoms with Gasteiger partial charge in [0.15, 0.2) is 6.10 Å². The van der Waals surface area contributed by atoms with Crippen molar-refractivity contribution < 1.29 is 14.3 Å². The molecule has 2 rings (SSSR count). The van der Waals surface area contributed by atoms with E-state index in [1.54, 1.807) is 7.11 Å². The summed E-state index contributed by atoms with van der Waals surface area (Å²) in [6.45, 7) is 9.12. The number of hydrogen-bond acceptors (Lipinski definition) is 3. The summed E-state index contributed by atoms with van der Waals surface area (Å²) in [5.41, 5.74) is 2.55. The van der Waals surface area contributed by atoms with Gasteiger partial charge in [0.05, 0.1) is 7.11 Å². The second-order valence-corrected chi connectivity index (χ2v) is 8.04. The summed E-state index contributed by atoms with van der Waals surface area (Å²) >= 11 is 0. The zero-order chi connectivity index (χ0) is 20.6. The first-order chi connectivity index (χ1) is 13.3. The Morgan fingerprint density at radius 3 is 2.39 bits per heavy atom. The van der Waals surface area contributed by atoms with Crippen molar-refractivity contribution in [1.29, 1.82) is 0 Å². The maximum Gasteiger partial charge on any atom is 0.261 e. The Hall–Kier alpha value is -2.49. The molecule has 2 aromatic carbocycles. The molecule has 0 aliphatic heterocycles. The van der Waals surface area contributed by atoms with E-state index in [1.807, 2.05) is 37.3 Å². The van der Waals surface area contributed by atoms with Gasteiger partial charge >= 0.3 is 0 Å². The molecule has 0 aromatic heterocycles. The summed E-state index contributed by atoms with van der Waals surface area (Å²) in [5, 5.41) is 2.99. The number of methoxy groups -OCH3 is 1. The van der Waals surface area contributed by atoms with Gasteiger partial charge in [-0.05, 0) is 60.1 Å². The van der Waals surface area contributed by atoms with E-state index in [0.29, 0.717) is 13.0 Å².